The normalized spacial score (nSPS) is 15.0. The van der Waals surface area contributed by atoms with Crippen molar-refractivity contribution >= 4 is 11.6 Å². The van der Waals surface area contributed by atoms with E-state index in [4.69, 9.17) is 9.47 Å². The number of para-hydroxylation sites is 2. The highest BCUT2D eigenvalue weighted by atomic mass is 16.5. The lowest BCUT2D eigenvalue weighted by Crippen LogP contribution is -2.36. The van der Waals surface area contributed by atoms with Crippen LogP contribution >= 0.6 is 0 Å². The highest BCUT2D eigenvalue weighted by Crippen LogP contribution is 2.26. The minimum absolute atomic E-state index is 0.129. The van der Waals surface area contributed by atoms with Crippen LogP contribution in [-0.2, 0) is 6.54 Å². The monoisotopic (exact) mass is 430 g/mol. The van der Waals surface area contributed by atoms with Crippen molar-refractivity contribution in [2.75, 3.05) is 25.5 Å². The third-order valence-corrected chi connectivity index (χ3v) is 5.55. The topological polar surface area (TPSA) is 76.8 Å². The molecule has 32 heavy (non-hydrogen) atoms. The molecule has 5 rings (SSSR count). The van der Waals surface area contributed by atoms with Crippen LogP contribution in [0.3, 0.4) is 0 Å². The lowest BCUT2D eigenvalue weighted by Gasteiger charge is -2.28. The van der Waals surface area contributed by atoms with E-state index in [-0.39, 0.29) is 6.10 Å². The van der Waals surface area contributed by atoms with Crippen LogP contribution in [0.25, 0.3) is 5.65 Å². The van der Waals surface area contributed by atoms with Gasteiger partial charge in [0.05, 0.1) is 6.20 Å². The molecule has 0 spiro atoms. The Labute approximate surface area is 186 Å². The van der Waals surface area contributed by atoms with Crippen molar-refractivity contribution in [2.45, 2.75) is 25.5 Å². The quantitative estimate of drug-likeness (QED) is 0.475. The first-order valence-electron chi connectivity index (χ1n) is 10.9. The van der Waals surface area contributed by atoms with Gasteiger partial charge in [-0.1, -0.05) is 36.4 Å². The summed E-state index contributed by atoms with van der Waals surface area (Å²) in [5, 5.41) is 7.74. The Kier molecular flexibility index (Phi) is 5.85. The standard InChI is InChI=1S/C24H26N6O2/c1-29-15-12-20(13-16-29)32-24-27-22-11-14-26-30(22)23(28-24)25-17-18-7-5-6-10-21(18)31-19-8-3-2-4-9-19/h2-11,14,20H,12-13,15-17H2,1H3,(H,25,27,28). The summed E-state index contributed by atoms with van der Waals surface area (Å²) in [5.41, 5.74) is 1.70. The summed E-state index contributed by atoms with van der Waals surface area (Å²) in [7, 11) is 2.13. The molecule has 164 valence electrons. The van der Waals surface area contributed by atoms with Crippen molar-refractivity contribution in [1.29, 1.82) is 0 Å². The van der Waals surface area contributed by atoms with Crippen molar-refractivity contribution in [1.82, 2.24) is 24.5 Å². The molecule has 1 N–H and O–H groups in total. The van der Waals surface area contributed by atoms with E-state index in [0.717, 1.165) is 43.0 Å². The number of hydrogen-bond donors (Lipinski definition) is 1. The summed E-state index contributed by atoms with van der Waals surface area (Å²) in [6, 6.07) is 19.9. The maximum atomic E-state index is 6.12. The van der Waals surface area contributed by atoms with Crippen molar-refractivity contribution in [3.05, 3.63) is 72.4 Å². The van der Waals surface area contributed by atoms with E-state index in [1.165, 1.54) is 0 Å². The maximum absolute atomic E-state index is 6.12. The van der Waals surface area contributed by atoms with Crippen LogP contribution in [0.4, 0.5) is 5.95 Å². The number of nitrogens with zero attached hydrogens (tertiary/aromatic N) is 5. The Balaban J connectivity index is 1.34. The molecule has 1 aliphatic heterocycles. The molecule has 0 atom stereocenters. The van der Waals surface area contributed by atoms with Crippen LogP contribution in [0.15, 0.2) is 66.9 Å². The second kappa shape index (κ2) is 9.23. The predicted molar refractivity (Wildman–Crippen MR) is 122 cm³/mol. The number of hydrogen-bond acceptors (Lipinski definition) is 7. The summed E-state index contributed by atoms with van der Waals surface area (Å²) in [4.78, 5) is 11.5. The van der Waals surface area contributed by atoms with E-state index in [0.29, 0.717) is 24.2 Å². The fourth-order valence-electron chi connectivity index (χ4n) is 3.76. The zero-order valence-electron chi connectivity index (χ0n) is 18.0. The molecule has 2 aromatic heterocycles. The highest BCUT2D eigenvalue weighted by Gasteiger charge is 2.20. The number of nitrogens with one attached hydrogen (secondary N) is 1. The first-order valence-corrected chi connectivity index (χ1v) is 10.9. The number of aromatic nitrogens is 4. The van der Waals surface area contributed by atoms with Gasteiger partial charge >= 0.3 is 6.01 Å². The van der Waals surface area contributed by atoms with Gasteiger partial charge in [0.2, 0.25) is 5.95 Å². The van der Waals surface area contributed by atoms with Crippen LogP contribution in [0.1, 0.15) is 18.4 Å². The van der Waals surface area contributed by atoms with Crippen molar-refractivity contribution in [2.24, 2.45) is 0 Å². The number of anilines is 1. The number of piperidine rings is 1. The summed E-state index contributed by atoms with van der Waals surface area (Å²) in [5.74, 6) is 2.17. The van der Waals surface area contributed by atoms with Gasteiger partial charge in [-0.3, -0.25) is 0 Å². The average Bonchev–Trinajstić information content (AvgIpc) is 3.29. The van der Waals surface area contributed by atoms with Gasteiger partial charge in [0.1, 0.15) is 17.6 Å². The second-order valence-corrected chi connectivity index (χ2v) is 7.93. The molecule has 4 aromatic rings. The van der Waals surface area contributed by atoms with Gasteiger partial charge in [-0.25, -0.2) is 0 Å². The van der Waals surface area contributed by atoms with Crippen molar-refractivity contribution in [3.8, 4) is 17.5 Å². The number of likely N-dealkylation sites (tertiary alicyclic amines) is 1. The Bertz CT molecular complexity index is 1170. The van der Waals surface area contributed by atoms with Crippen LogP contribution in [0.5, 0.6) is 17.5 Å². The molecule has 0 saturated carbocycles. The van der Waals surface area contributed by atoms with E-state index in [9.17, 15) is 0 Å². The number of rotatable bonds is 7. The summed E-state index contributed by atoms with van der Waals surface area (Å²) < 4.78 is 13.9. The van der Waals surface area contributed by atoms with E-state index in [1.807, 2.05) is 60.7 Å². The number of ether oxygens (including phenoxy) is 2. The van der Waals surface area contributed by atoms with E-state index in [1.54, 1.807) is 10.7 Å². The van der Waals surface area contributed by atoms with Gasteiger partial charge in [0, 0.05) is 31.3 Å². The third kappa shape index (κ3) is 4.65. The molecule has 0 bridgehead atoms. The molecular weight excluding hydrogens is 404 g/mol. The molecule has 2 aromatic carbocycles. The Morgan fingerprint density at radius 3 is 2.59 bits per heavy atom. The van der Waals surface area contributed by atoms with Crippen LogP contribution in [0, 0.1) is 0 Å². The molecule has 8 nitrogen and oxygen atoms in total. The zero-order chi connectivity index (χ0) is 21.8. The fourth-order valence-corrected chi connectivity index (χ4v) is 3.76. The summed E-state index contributed by atoms with van der Waals surface area (Å²) >= 11 is 0. The molecule has 0 amide bonds. The third-order valence-electron chi connectivity index (χ3n) is 5.55. The van der Waals surface area contributed by atoms with Gasteiger partial charge in [-0.15, -0.1) is 0 Å². The second-order valence-electron chi connectivity index (χ2n) is 7.93. The Morgan fingerprint density at radius 2 is 1.75 bits per heavy atom. The van der Waals surface area contributed by atoms with Crippen LogP contribution in [-0.4, -0.2) is 50.7 Å². The van der Waals surface area contributed by atoms with Gasteiger partial charge in [-0.05, 0) is 38.1 Å². The van der Waals surface area contributed by atoms with E-state index >= 15 is 0 Å². The van der Waals surface area contributed by atoms with Crippen molar-refractivity contribution in [3.63, 3.8) is 0 Å². The molecule has 0 radical (unpaired) electrons. The van der Waals surface area contributed by atoms with E-state index < -0.39 is 0 Å². The lowest BCUT2D eigenvalue weighted by atomic mass is 10.1. The highest BCUT2D eigenvalue weighted by molar-refractivity contribution is 5.46. The van der Waals surface area contributed by atoms with Crippen LogP contribution in [0.2, 0.25) is 0 Å². The molecule has 0 aliphatic carbocycles. The maximum Gasteiger partial charge on any atom is 0.322 e. The lowest BCUT2D eigenvalue weighted by molar-refractivity contribution is 0.105. The molecule has 1 saturated heterocycles. The molecule has 3 heterocycles. The minimum atomic E-state index is 0.129. The Hall–Kier alpha value is -3.65. The zero-order valence-corrected chi connectivity index (χ0v) is 18.0. The largest absolute Gasteiger partial charge is 0.460 e. The summed E-state index contributed by atoms with van der Waals surface area (Å²) in [6.07, 6.45) is 3.78. The summed E-state index contributed by atoms with van der Waals surface area (Å²) in [6.45, 7) is 2.55. The smallest absolute Gasteiger partial charge is 0.322 e. The number of fused-ring (bicyclic) bond motifs is 1. The van der Waals surface area contributed by atoms with Gasteiger partial charge in [-0.2, -0.15) is 19.6 Å². The van der Waals surface area contributed by atoms with Gasteiger partial charge in [0.25, 0.3) is 0 Å². The predicted octanol–water partition coefficient (Wildman–Crippen LogP) is 4.00. The fraction of sp³-hybridized carbons (Fsp3) is 0.292. The SMILES string of the molecule is CN1CCC(Oc2nc(NCc3ccccc3Oc3ccccc3)n3nccc3n2)CC1. The molecule has 1 fully saturated rings. The number of benzene rings is 2. The first-order chi connectivity index (χ1) is 15.7. The van der Waals surface area contributed by atoms with Gasteiger partial charge in [0.15, 0.2) is 5.65 Å². The first kappa shape index (κ1) is 20.3. The molecule has 8 heteroatoms. The van der Waals surface area contributed by atoms with Crippen LogP contribution < -0.4 is 14.8 Å². The van der Waals surface area contributed by atoms with Crippen molar-refractivity contribution < 1.29 is 9.47 Å². The van der Waals surface area contributed by atoms with Gasteiger partial charge < -0.3 is 19.7 Å². The minimum Gasteiger partial charge on any atom is -0.460 e. The molecule has 0 unspecified atom stereocenters. The molecule has 1 aliphatic rings. The molecular formula is C24H26N6O2. The Morgan fingerprint density at radius 1 is 0.969 bits per heavy atom. The van der Waals surface area contributed by atoms with E-state index in [2.05, 4.69) is 32.3 Å². The average molecular weight is 431 g/mol.